The van der Waals surface area contributed by atoms with Crippen LogP contribution in [0.25, 0.3) is 5.78 Å². The monoisotopic (exact) mass is 405 g/mol. The van der Waals surface area contributed by atoms with Crippen molar-refractivity contribution in [2.24, 2.45) is 0 Å². The Morgan fingerprint density at radius 1 is 1.10 bits per heavy atom. The maximum Gasteiger partial charge on any atom is 0.453 e. The van der Waals surface area contributed by atoms with Crippen LogP contribution >= 0.6 is 0 Å². The molecular weight excluding hydrogens is 383 g/mol. The lowest BCUT2D eigenvalue weighted by Crippen LogP contribution is -2.27. The first-order chi connectivity index (χ1) is 13.8. The molecule has 3 rings (SSSR count). The average molecular weight is 405 g/mol. The summed E-state index contributed by atoms with van der Waals surface area (Å²) in [7, 11) is 0. The van der Waals surface area contributed by atoms with E-state index in [1.54, 1.807) is 13.8 Å². The van der Waals surface area contributed by atoms with Crippen molar-refractivity contribution in [2.75, 3.05) is 6.54 Å². The molecule has 0 atom stereocenters. The fourth-order valence-electron chi connectivity index (χ4n) is 3.13. The molecule has 0 unspecified atom stereocenters. The summed E-state index contributed by atoms with van der Waals surface area (Å²) in [6, 6.07) is 10.1. The van der Waals surface area contributed by atoms with Crippen LogP contribution in [-0.2, 0) is 23.8 Å². The van der Waals surface area contributed by atoms with Crippen LogP contribution in [0.1, 0.15) is 41.2 Å². The first kappa shape index (κ1) is 20.8. The fraction of sp³-hybridized carbons (Fsp3) is 0.400. The van der Waals surface area contributed by atoms with Gasteiger partial charge in [0.25, 0.3) is 11.6 Å². The number of fused-ring (bicyclic) bond motifs is 1. The second kappa shape index (κ2) is 8.59. The zero-order valence-corrected chi connectivity index (χ0v) is 16.3. The maximum atomic E-state index is 12.8. The summed E-state index contributed by atoms with van der Waals surface area (Å²) in [6.45, 7) is 3.80. The molecule has 2 heterocycles. The number of alkyl halides is 3. The Hall–Kier alpha value is -2.97. The molecule has 0 radical (unpaired) electrons. The van der Waals surface area contributed by atoms with Gasteiger partial charge < -0.3 is 5.32 Å². The van der Waals surface area contributed by atoms with Crippen LogP contribution in [-0.4, -0.2) is 32.0 Å². The topological polar surface area (TPSA) is 72.2 Å². The van der Waals surface area contributed by atoms with Gasteiger partial charge in [0.15, 0.2) is 0 Å². The lowest BCUT2D eigenvalue weighted by Gasteiger charge is -2.11. The first-order valence-electron chi connectivity index (χ1n) is 9.36. The van der Waals surface area contributed by atoms with E-state index in [1.165, 1.54) is 5.56 Å². The van der Waals surface area contributed by atoms with Gasteiger partial charge in [-0.15, -0.1) is 5.10 Å². The molecule has 9 heteroatoms. The predicted molar refractivity (Wildman–Crippen MR) is 101 cm³/mol. The molecule has 29 heavy (non-hydrogen) atoms. The summed E-state index contributed by atoms with van der Waals surface area (Å²) in [5, 5.41) is 6.35. The number of nitrogens with zero attached hydrogens (tertiary/aromatic N) is 4. The van der Waals surface area contributed by atoms with Gasteiger partial charge in [-0.05, 0) is 38.7 Å². The van der Waals surface area contributed by atoms with Crippen molar-refractivity contribution in [1.29, 1.82) is 0 Å². The number of amides is 1. The van der Waals surface area contributed by atoms with Gasteiger partial charge in [-0.25, -0.2) is 9.50 Å². The number of aryl methyl sites for hydroxylation is 3. The molecular formula is C20H22F3N5O. The number of nitrogens with one attached hydrogen (secondary N) is 1. The number of carbonyl (C=O) groups is 1. The number of unbranched alkanes of at least 4 members (excludes halogenated alkanes) is 1. The Morgan fingerprint density at radius 3 is 2.52 bits per heavy atom. The maximum absolute atomic E-state index is 12.8. The van der Waals surface area contributed by atoms with Gasteiger partial charge in [0, 0.05) is 23.5 Å². The Kier molecular flexibility index (Phi) is 6.14. The number of hydrogen-bond acceptors (Lipinski definition) is 4. The van der Waals surface area contributed by atoms with Crippen LogP contribution in [0.15, 0.2) is 30.3 Å². The summed E-state index contributed by atoms with van der Waals surface area (Å²) in [4.78, 5) is 19.8. The highest BCUT2D eigenvalue weighted by atomic mass is 19.4. The van der Waals surface area contributed by atoms with E-state index in [1.807, 2.05) is 18.2 Å². The van der Waals surface area contributed by atoms with E-state index < -0.39 is 12.0 Å². The van der Waals surface area contributed by atoms with Gasteiger partial charge in [0.1, 0.15) is 0 Å². The van der Waals surface area contributed by atoms with Gasteiger partial charge >= 0.3 is 6.18 Å². The molecule has 1 amide bonds. The van der Waals surface area contributed by atoms with Gasteiger partial charge in [-0.2, -0.15) is 18.2 Å². The summed E-state index contributed by atoms with van der Waals surface area (Å²) in [6.07, 6.45) is -1.88. The van der Waals surface area contributed by atoms with Crippen LogP contribution in [0.2, 0.25) is 0 Å². The first-order valence-corrected chi connectivity index (χ1v) is 9.36. The summed E-state index contributed by atoms with van der Waals surface area (Å²) in [5.74, 6) is -1.57. The Bertz CT molecular complexity index is 999. The van der Waals surface area contributed by atoms with Crippen molar-refractivity contribution >= 4 is 11.7 Å². The molecule has 0 aliphatic heterocycles. The average Bonchev–Trinajstić information content (AvgIpc) is 3.10. The molecule has 0 aliphatic rings. The predicted octanol–water partition coefficient (Wildman–Crippen LogP) is 3.44. The highest BCUT2D eigenvalue weighted by Crippen LogP contribution is 2.27. The highest BCUT2D eigenvalue weighted by molar-refractivity contribution is 5.79. The number of benzene rings is 1. The molecule has 0 saturated heterocycles. The van der Waals surface area contributed by atoms with Gasteiger partial charge in [-0.3, -0.25) is 4.79 Å². The number of rotatable bonds is 7. The van der Waals surface area contributed by atoms with Crippen LogP contribution in [0, 0.1) is 13.8 Å². The van der Waals surface area contributed by atoms with E-state index in [9.17, 15) is 18.0 Å². The zero-order valence-electron chi connectivity index (χ0n) is 16.3. The minimum absolute atomic E-state index is 0.0283. The third kappa shape index (κ3) is 5.10. The highest BCUT2D eigenvalue weighted by Gasteiger charge is 2.37. The van der Waals surface area contributed by atoms with Crippen molar-refractivity contribution in [3.8, 4) is 0 Å². The van der Waals surface area contributed by atoms with Crippen LogP contribution < -0.4 is 5.32 Å². The standard InChI is InChI=1S/C20H22F3N5O/c1-13-16(14(2)28-19(25-13)26-18(27-28)20(21,22)23)12-17(29)24-11-7-6-10-15-8-4-3-5-9-15/h3-5,8-9H,6-7,10-12H2,1-2H3,(H,24,29). The van der Waals surface area contributed by atoms with Gasteiger partial charge in [-0.1, -0.05) is 30.3 Å². The number of halogens is 3. The van der Waals surface area contributed by atoms with Crippen LogP contribution in [0.3, 0.4) is 0 Å². The summed E-state index contributed by atoms with van der Waals surface area (Å²) >= 11 is 0. The molecule has 1 N–H and O–H groups in total. The molecule has 154 valence electrons. The number of carbonyl (C=O) groups excluding carboxylic acids is 1. The molecule has 0 spiro atoms. The van der Waals surface area contributed by atoms with Gasteiger partial charge in [0.2, 0.25) is 5.91 Å². The van der Waals surface area contributed by atoms with Crippen molar-refractivity contribution in [2.45, 2.75) is 45.7 Å². The third-order valence-corrected chi connectivity index (χ3v) is 4.70. The second-order valence-corrected chi connectivity index (χ2v) is 6.88. The molecule has 6 nitrogen and oxygen atoms in total. The minimum atomic E-state index is -4.65. The van der Waals surface area contributed by atoms with E-state index in [0.717, 1.165) is 23.8 Å². The Labute approximate surface area is 166 Å². The van der Waals surface area contributed by atoms with Crippen LogP contribution in [0.5, 0.6) is 0 Å². The lowest BCUT2D eigenvalue weighted by molar-refractivity contribution is -0.144. The Balaban J connectivity index is 1.58. The number of aromatic nitrogens is 4. The number of hydrogen-bond donors (Lipinski definition) is 1. The molecule has 1 aromatic carbocycles. The lowest BCUT2D eigenvalue weighted by atomic mass is 10.1. The van der Waals surface area contributed by atoms with Crippen molar-refractivity contribution in [1.82, 2.24) is 24.9 Å². The summed E-state index contributed by atoms with van der Waals surface area (Å²) in [5.41, 5.74) is 2.71. The van der Waals surface area contributed by atoms with Crippen molar-refractivity contribution in [3.63, 3.8) is 0 Å². The molecule has 0 saturated carbocycles. The van der Waals surface area contributed by atoms with E-state index >= 15 is 0 Å². The molecule has 0 fully saturated rings. The molecule has 0 aliphatic carbocycles. The fourth-order valence-corrected chi connectivity index (χ4v) is 3.13. The van der Waals surface area contributed by atoms with Gasteiger partial charge in [0.05, 0.1) is 6.42 Å². The van der Waals surface area contributed by atoms with E-state index in [0.29, 0.717) is 23.5 Å². The largest absolute Gasteiger partial charge is 0.453 e. The molecule has 3 aromatic rings. The van der Waals surface area contributed by atoms with Crippen LogP contribution in [0.4, 0.5) is 13.2 Å². The van der Waals surface area contributed by atoms with Crippen molar-refractivity contribution < 1.29 is 18.0 Å². The minimum Gasteiger partial charge on any atom is -0.356 e. The smallest absolute Gasteiger partial charge is 0.356 e. The van der Waals surface area contributed by atoms with Crippen molar-refractivity contribution in [3.05, 3.63) is 58.7 Å². The molecule has 2 aromatic heterocycles. The normalized spacial score (nSPS) is 11.8. The molecule has 0 bridgehead atoms. The van der Waals surface area contributed by atoms with E-state index in [-0.39, 0.29) is 18.1 Å². The second-order valence-electron chi connectivity index (χ2n) is 6.88. The zero-order chi connectivity index (χ0) is 21.0. The SMILES string of the molecule is Cc1nc2nc(C(F)(F)F)nn2c(C)c1CC(=O)NCCCCc1ccccc1. The summed E-state index contributed by atoms with van der Waals surface area (Å²) < 4.78 is 39.6. The van der Waals surface area contributed by atoms with E-state index in [4.69, 9.17) is 0 Å². The Morgan fingerprint density at radius 2 is 1.83 bits per heavy atom. The quantitative estimate of drug-likeness (QED) is 0.611. The van der Waals surface area contributed by atoms with E-state index in [2.05, 4.69) is 32.5 Å². The third-order valence-electron chi connectivity index (χ3n) is 4.70.